The van der Waals surface area contributed by atoms with Crippen LogP contribution in [-0.4, -0.2) is 27.5 Å². The Bertz CT molecular complexity index is 487. The van der Waals surface area contributed by atoms with Crippen LogP contribution in [0.3, 0.4) is 0 Å². The van der Waals surface area contributed by atoms with Gasteiger partial charge in [0.2, 0.25) is 0 Å². The fourth-order valence-electron chi connectivity index (χ4n) is 2.61. The molecule has 19 heavy (non-hydrogen) atoms. The van der Waals surface area contributed by atoms with Gasteiger partial charge >= 0.3 is 5.97 Å². The molecule has 104 valence electrons. The van der Waals surface area contributed by atoms with Crippen LogP contribution in [0.25, 0.3) is 0 Å². The molecule has 5 nitrogen and oxygen atoms in total. The van der Waals surface area contributed by atoms with Crippen LogP contribution in [0.1, 0.15) is 61.5 Å². The van der Waals surface area contributed by atoms with Crippen molar-refractivity contribution >= 4 is 11.9 Å². The number of nitrogens with one attached hydrogen (secondary N) is 2. The maximum Gasteiger partial charge on any atom is 0.305 e. The second-order valence-corrected chi connectivity index (χ2v) is 5.62. The van der Waals surface area contributed by atoms with Crippen LogP contribution >= 0.6 is 0 Å². The summed E-state index contributed by atoms with van der Waals surface area (Å²) >= 11 is 0. The average molecular weight is 264 g/mol. The fraction of sp³-hybridized carbons (Fsp3) is 0.571. The summed E-state index contributed by atoms with van der Waals surface area (Å²) < 4.78 is 0. The molecule has 1 heterocycles. The molecule has 1 aromatic rings. The first kappa shape index (κ1) is 13.6. The predicted molar refractivity (Wildman–Crippen MR) is 71.2 cm³/mol. The Morgan fingerprint density at radius 3 is 2.63 bits per heavy atom. The van der Waals surface area contributed by atoms with Crippen LogP contribution in [0, 0.1) is 0 Å². The minimum atomic E-state index is -0.863. The molecule has 1 saturated carbocycles. The molecule has 0 aliphatic heterocycles. The Balaban J connectivity index is 2.12. The Hall–Kier alpha value is -1.78. The van der Waals surface area contributed by atoms with Gasteiger partial charge in [0.15, 0.2) is 0 Å². The van der Waals surface area contributed by atoms with Crippen molar-refractivity contribution in [2.75, 3.05) is 0 Å². The number of aromatic amines is 1. The topological polar surface area (TPSA) is 82.2 Å². The molecular formula is C14H20N2O3. The summed E-state index contributed by atoms with van der Waals surface area (Å²) in [6.07, 6.45) is 4.20. The number of hydrogen-bond acceptors (Lipinski definition) is 2. The predicted octanol–water partition coefficient (Wildman–Crippen LogP) is 2.27. The van der Waals surface area contributed by atoms with E-state index >= 15 is 0 Å². The standard InChI is InChI=1S/C14H20N2O3/c1-9(2)12-10(4-7-15-12)13(19)16-14(5-3-6-14)8-11(17)18/h4,7,9,15H,3,5-6,8H2,1-2H3,(H,16,19)(H,17,18). The highest BCUT2D eigenvalue weighted by atomic mass is 16.4. The number of H-pyrrole nitrogens is 1. The van der Waals surface area contributed by atoms with Gasteiger partial charge in [0.1, 0.15) is 0 Å². The highest BCUT2D eigenvalue weighted by Gasteiger charge is 2.40. The number of aliphatic carboxylic acids is 1. The molecule has 1 aliphatic rings. The molecule has 5 heteroatoms. The van der Waals surface area contributed by atoms with Crippen molar-refractivity contribution in [3.05, 3.63) is 23.5 Å². The van der Waals surface area contributed by atoms with E-state index in [2.05, 4.69) is 10.3 Å². The Morgan fingerprint density at radius 1 is 1.47 bits per heavy atom. The van der Waals surface area contributed by atoms with Crippen molar-refractivity contribution in [3.63, 3.8) is 0 Å². The van der Waals surface area contributed by atoms with Gasteiger partial charge in [-0.3, -0.25) is 9.59 Å². The molecule has 2 rings (SSSR count). The molecule has 1 fully saturated rings. The zero-order valence-corrected chi connectivity index (χ0v) is 11.3. The smallest absolute Gasteiger partial charge is 0.305 e. The van der Waals surface area contributed by atoms with E-state index in [1.54, 1.807) is 12.3 Å². The summed E-state index contributed by atoms with van der Waals surface area (Å²) in [7, 11) is 0. The van der Waals surface area contributed by atoms with Gasteiger partial charge in [0.25, 0.3) is 5.91 Å². The summed E-state index contributed by atoms with van der Waals surface area (Å²) in [6, 6.07) is 1.75. The molecule has 0 unspecified atom stereocenters. The lowest BCUT2D eigenvalue weighted by Gasteiger charge is -2.41. The first-order chi connectivity index (χ1) is 8.93. The third-order valence-corrected chi connectivity index (χ3v) is 3.78. The highest BCUT2D eigenvalue weighted by molar-refractivity contribution is 5.96. The summed E-state index contributed by atoms with van der Waals surface area (Å²) in [5.74, 6) is -0.809. The van der Waals surface area contributed by atoms with Crippen molar-refractivity contribution in [2.24, 2.45) is 0 Å². The molecule has 1 amide bonds. The third kappa shape index (κ3) is 2.80. The van der Waals surface area contributed by atoms with Crippen molar-refractivity contribution in [1.29, 1.82) is 0 Å². The average Bonchev–Trinajstić information content (AvgIpc) is 2.74. The van der Waals surface area contributed by atoms with Gasteiger partial charge in [-0.1, -0.05) is 13.8 Å². The number of carbonyl (C=O) groups excluding carboxylic acids is 1. The van der Waals surface area contributed by atoms with Gasteiger partial charge < -0.3 is 15.4 Å². The largest absolute Gasteiger partial charge is 0.481 e. The number of hydrogen-bond donors (Lipinski definition) is 3. The van der Waals surface area contributed by atoms with Gasteiger partial charge in [-0.15, -0.1) is 0 Å². The van der Waals surface area contributed by atoms with E-state index < -0.39 is 11.5 Å². The monoisotopic (exact) mass is 264 g/mol. The molecule has 1 aliphatic carbocycles. The molecule has 0 radical (unpaired) electrons. The number of amides is 1. The van der Waals surface area contributed by atoms with Crippen molar-refractivity contribution < 1.29 is 14.7 Å². The van der Waals surface area contributed by atoms with Gasteiger partial charge in [-0.25, -0.2) is 0 Å². The minimum Gasteiger partial charge on any atom is -0.481 e. The molecule has 0 spiro atoms. The van der Waals surface area contributed by atoms with Crippen LogP contribution in [0.2, 0.25) is 0 Å². The van der Waals surface area contributed by atoms with Crippen LogP contribution in [-0.2, 0) is 4.79 Å². The van der Waals surface area contributed by atoms with Gasteiger partial charge in [-0.2, -0.15) is 0 Å². The van der Waals surface area contributed by atoms with Crippen LogP contribution < -0.4 is 5.32 Å². The Labute approximate surface area is 112 Å². The lowest BCUT2D eigenvalue weighted by Crippen LogP contribution is -2.54. The number of aromatic nitrogens is 1. The number of carboxylic acid groups (broad SMARTS) is 1. The van der Waals surface area contributed by atoms with E-state index in [1.807, 2.05) is 13.8 Å². The van der Waals surface area contributed by atoms with Crippen LogP contribution in [0.4, 0.5) is 0 Å². The van der Waals surface area contributed by atoms with E-state index in [4.69, 9.17) is 5.11 Å². The van der Waals surface area contributed by atoms with E-state index in [-0.39, 0.29) is 18.2 Å². The lowest BCUT2D eigenvalue weighted by molar-refractivity contribution is -0.139. The normalized spacial score (nSPS) is 17.0. The van der Waals surface area contributed by atoms with Crippen molar-refractivity contribution in [2.45, 2.75) is 51.0 Å². The molecule has 0 bridgehead atoms. The van der Waals surface area contributed by atoms with E-state index in [0.29, 0.717) is 5.56 Å². The van der Waals surface area contributed by atoms with E-state index in [1.165, 1.54) is 0 Å². The molecule has 0 atom stereocenters. The highest BCUT2D eigenvalue weighted by Crippen LogP contribution is 2.35. The molecular weight excluding hydrogens is 244 g/mol. The quantitative estimate of drug-likeness (QED) is 0.763. The van der Waals surface area contributed by atoms with Gasteiger partial charge in [0.05, 0.1) is 17.5 Å². The summed E-state index contributed by atoms with van der Waals surface area (Å²) in [5.41, 5.74) is 0.961. The lowest BCUT2D eigenvalue weighted by atomic mass is 9.74. The van der Waals surface area contributed by atoms with E-state index in [0.717, 1.165) is 25.0 Å². The summed E-state index contributed by atoms with van der Waals surface area (Å²) in [5, 5.41) is 11.9. The first-order valence-corrected chi connectivity index (χ1v) is 6.65. The summed E-state index contributed by atoms with van der Waals surface area (Å²) in [4.78, 5) is 26.3. The molecule has 3 N–H and O–H groups in total. The molecule has 1 aromatic heterocycles. The van der Waals surface area contributed by atoms with Gasteiger partial charge in [-0.05, 0) is 31.2 Å². The second-order valence-electron chi connectivity index (χ2n) is 5.62. The zero-order valence-electron chi connectivity index (χ0n) is 11.3. The van der Waals surface area contributed by atoms with Gasteiger partial charge in [0, 0.05) is 11.9 Å². The third-order valence-electron chi connectivity index (χ3n) is 3.78. The van der Waals surface area contributed by atoms with Crippen molar-refractivity contribution in [3.8, 4) is 0 Å². The second kappa shape index (κ2) is 5.07. The van der Waals surface area contributed by atoms with Crippen molar-refractivity contribution in [1.82, 2.24) is 10.3 Å². The van der Waals surface area contributed by atoms with Crippen LogP contribution in [0.5, 0.6) is 0 Å². The Kier molecular flexibility index (Phi) is 3.64. The Morgan fingerprint density at radius 2 is 2.16 bits per heavy atom. The minimum absolute atomic E-state index is 0.000173. The summed E-state index contributed by atoms with van der Waals surface area (Å²) in [6.45, 7) is 4.03. The first-order valence-electron chi connectivity index (χ1n) is 6.65. The van der Waals surface area contributed by atoms with E-state index in [9.17, 15) is 9.59 Å². The number of carbonyl (C=O) groups is 2. The fourth-order valence-corrected chi connectivity index (χ4v) is 2.61. The van der Waals surface area contributed by atoms with Crippen LogP contribution in [0.15, 0.2) is 12.3 Å². The molecule has 0 aromatic carbocycles. The number of rotatable bonds is 5. The zero-order chi connectivity index (χ0) is 14.0. The maximum absolute atomic E-state index is 12.3. The SMILES string of the molecule is CC(C)c1[nH]ccc1C(=O)NC1(CC(=O)O)CCC1. The maximum atomic E-state index is 12.3. The molecule has 0 saturated heterocycles. The number of carboxylic acids is 1.